The van der Waals surface area contributed by atoms with E-state index in [-0.39, 0.29) is 4.90 Å². The summed E-state index contributed by atoms with van der Waals surface area (Å²) < 4.78 is 34.4. The Balaban J connectivity index is 1.49. The van der Waals surface area contributed by atoms with Crippen LogP contribution in [0.2, 0.25) is 0 Å². The lowest BCUT2D eigenvalue weighted by molar-refractivity contribution is -0.121. The van der Waals surface area contributed by atoms with Crippen LogP contribution in [0.25, 0.3) is 10.9 Å². The highest BCUT2D eigenvalue weighted by Gasteiger charge is 2.54. The first-order chi connectivity index (χ1) is 15.3. The zero-order chi connectivity index (χ0) is 22.5. The standard InChI is InChI=1S/C25H26N2O4S/c1-16-9-11-19-21(26-16)7-4-8-23(19)32(29,30)27-24(28)25(13-14-25)20-15-18(17-5-3-6-17)10-12-22(20)31-2/h4,7-12,15,17H,3,5-6,13-14H2,1-2H3,(H,27,28). The summed E-state index contributed by atoms with van der Waals surface area (Å²) in [6.07, 6.45) is 4.70. The van der Waals surface area contributed by atoms with E-state index in [9.17, 15) is 13.2 Å². The van der Waals surface area contributed by atoms with Crippen LogP contribution < -0.4 is 9.46 Å². The highest BCUT2D eigenvalue weighted by Crippen LogP contribution is 2.53. The number of pyridine rings is 1. The summed E-state index contributed by atoms with van der Waals surface area (Å²) in [5, 5.41) is 0.493. The minimum atomic E-state index is -4.07. The van der Waals surface area contributed by atoms with E-state index in [1.165, 1.54) is 18.1 Å². The van der Waals surface area contributed by atoms with Gasteiger partial charge in [0.2, 0.25) is 5.91 Å². The van der Waals surface area contributed by atoms with Gasteiger partial charge in [0.25, 0.3) is 10.0 Å². The van der Waals surface area contributed by atoms with Gasteiger partial charge in [0.05, 0.1) is 22.9 Å². The molecule has 2 aromatic carbocycles. The van der Waals surface area contributed by atoms with Crippen LogP contribution >= 0.6 is 0 Å². The molecule has 2 aliphatic rings. The van der Waals surface area contributed by atoms with Crippen LogP contribution in [0.4, 0.5) is 0 Å². The lowest BCUT2D eigenvalue weighted by Gasteiger charge is -2.28. The maximum absolute atomic E-state index is 13.4. The number of nitrogens with zero attached hydrogens (tertiary/aromatic N) is 1. The molecule has 1 amide bonds. The van der Waals surface area contributed by atoms with Crippen LogP contribution in [0.3, 0.4) is 0 Å². The minimum Gasteiger partial charge on any atom is -0.496 e. The highest BCUT2D eigenvalue weighted by molar-refractivity contribution is 7.90. The molecule has 6 nitrogen and oxygen atoms in total. The third-order valence-corrected chi connectivity index (χ3v) is 8.24. The molecular formula is C25H26N2O4S. The summed E-state index contributed by atoms with van der Waals surface area (Å²) >= 11 is 0. The largest absolute Gasteiger partial charge is 0.496 e. The van der Waals surface area contributed by atoms with E-state index in [0.29, 0.717) is 35.4 Å². The topological polar surface area (TPSA) is 85.4 Å². The smallest absolute Gasteiger partial charge is 0.264 e. The molecular weight excluding hydrogens is 424 g/mol. The number of methoxy groups -OCH3 is 1. The van der Waals surface area contributed by atoms with E-state index in [0.717, 1.165) is 24.1 Å². The maximum Gasteiger partial charge on any atom is 0.264 e. The van der Waals surface area contributed by atoms with Crippen molar-refractivity contribution in [3.63, 3.8) is 0 Å². The van der Waals surface area contributed by atoms with E-state index >= 15 is 0 Å². The van der Waals surface area contributed by atoms with Crippen molar-refractivity contribution in [2.45, 2.75) is 55.3 Å². The molecule has 2 aliphatic carbocycles. The molecule has 0 radical (unpaired) electrons. The number of rotatable bonds is 6. The molecule has 32 heavy (non-hydrogen) atoms. The van der Waals surface area contributed by atoms with Crippen molar-refractivity contribution in [1.82, 2.24) is 9.71 Å². The van der Waals surface area contributed by atoms with Gasteiger partial charge in [-0.2, -0.15) is 0 Å². The van der Waals surface area contributed by atoms with Gasteiger partial charge in [-0.3, -0.25) is 9.78 Å². The average molecular weight is 451 g/mol. The minimum absolute atomic E-state index is 0.0573. The number of amides is 1. The Labute approximate surface area is 188 Å². The zero-order valence-corrected chi connectivity index (χ0v) is 19.0. The monoisotopic (exact) mass is 450 g/mol. The van der Waals surface area contributed by atoms with Crippen molar-refractivity contribution in [2.75, 3.05) is 7.11 Å². The van der Waals surface area contributed by atoms with Crippen LogP contribution in [-0.2, 0) is 20.2 Å². The number of carbonyl (C=O) groups excluding carboxylic acids is 1. The first kappa shape index (κ1) is 20.9. The molecule has 0 aliphatic heterocycles. The predicted octanol–water partition coefficient (Wildman–Crippen LogP) is 4.36. The maximum atomic E-state index is 13.4. The van der Waals surface area contributed by atoms with Gasteiger partial charge >= 0.3 is 0 Å². The van der Waals surface area contributed by atoms with E-state index in [1.807, 2.05) is 19.1 Å². The third-order valence-electron chi connectivity index (χ3n) is 6.85. The average Bonchev–Trinajstić information content (AvgIpc) is 3.53. The van der Waals surface area contributed by atoms with Crippen LogP contribution in [-0.4, -0.2) is 26.4 Å². The second kappa shape index (κ2) is 7.59. The summed E-state index contributed by atoms with van der Waals surface area (Å²) in [5.41, 5.74) is 2.48. The van der Waals surface area contributed by atoms with E-state index in [4.69, 9.17) is 4.74 Å². The summed E-state index contributed by atoms with van der Waals surface area (Å²) in [7, 11) is -2.49. The molecule has 1 aromatic heterocycles. The van der Waals surface area contributed by atoms with Crippen LogP contribution in [0.1, 0.15) is 54.8 Å². The summed E-state index contributed by atoms with van der Waals surface area (Å²) in [6.45, 7) is 1.85. The number of nitrogens with one attached hydrogen (secondary N) is 1. The Morgan fingerprint density at radius 2 is 1.91 bits per heavy atom. The molecule has 3 aromatic rings. The van der Waals surface area contributed by atoms with Gasteiger partial charge < -0.3 is 4.74 Å². The van der Waals surface area contributed by atoms with Crippen LogP contribution in [0.5, 0.6) is 5.75 Å². The number of sulfonamides is 1. The first-order valence-electron chi connectivity index (χ1n) is 11.0. The Morgan fingerprint density at radius 1 is 1.12 bits per heavy atom. The van der Waals surface area contributed by atoms with Gasteiger partial charge in [0.15, 0.2) is 0 Å². The molecule has 1 N–H and O–H groups in total. The highest BCUT2D eigenvalue weighted by atomic mass is 32.2. The quantitative estimate of drug-likeness (QED) is 0.603. The number of ether oxygens (including phenoxy) is 1. The van der Waals surface area contributed by atoms with Crippen molar-refractivity contribution in [1.29, 1.82) is 0 Å². The molecule has 0 atom stereocenters. The SMILES string of the molecule is COc1ccc(C2CCC2)cc1C1(C(=O)NS(=O)(=O)c2cccc3nc(C)ccc23)CC1. The first-order valence-corrected chi connectivity index (χ1v) is 12.4. The Hall–Kier alpha value is -2.93. The third kappa shape index (κ3) is 3.45. The van der Waals surface area contributed by atoms with Crippen molar-refractivity contribution in [3.8, 4) is 5.75 Å². The van der Waals surface area contributed by atoms with Crippen LogP contribution in [0.15, 0.2) is 53.4 Å². The van der Waals surface area contributed by atoms with Crippen LogP contribution in [0, 0.1) is 6.92 Å². The van der Waals surface area contributed by atoms with E-state index < -0.39 is 21.3 Å². The van der Waals surface area contributed by atoms with Crippen molar-refractivity contribution < 1.29 is 17.9 Å². The molecule has 0 bridgehead atoms. The number of hydrogen-bond acceptors (Lipinski definition) is 5. The van der Waals surface area contributed by atoms with Gasteiger partial charge in [-0.05, 0) is 74.4 Å². The second-order valence-electron chi connectivity index (χ2n) is 8.88. The Bertz CT molecular complexity index is 1330. The lowest BCUT2D eigenvalue weighted by atomic mass is 9.78. The molecule has 0 spiro atoms. The van der Waals surface area contributed by atoms with Crippen molar-refractivity contribution in [2.24, 2.45) is 0 Å². The Kier molecular flexibility index (Phi) is 4.97. The molecule has 0 unspecified atom stereocenters. The molecule has 2 fully saturated rings. The van der Waals surface area contributed by atoms with Gasteiger partial charge in [0, 0.05) is 16.6 Å². The number of carbonyl (C=O) groups is 1. The van der Waals surface area contributed by atoms with E-state index in [2.05, 4.69) is 15.8 Å². The number of fused-ring (bicyclic) bond motifs is 1. The fourth-order valence-corrected chi connectivity index (χ4v) is 5.85. The van der Waals surface area contributed by atoms with Gasteiger partial charge in [-0.25, -0.2) is 13.1 Å². The molecule has 5 rings (SSSR count). The molecule has 0 saturated heterocycles. The fourth-order valence-electron chi connectivity index (χ4n) is 4.58. The predicted molar refractivity (Wildman–Crippen MR) is 122 cm³/mol. The molecule has 7 heteroatoms. The van der Waals surface area contributed by atoms with Gasteiger partial charge in [-0.1, -0.05) is 24.6 Å². The van der Waals surface area contributed by atoms with Crippen molar-refractivity contribution in [3.05, 3.63) is 65.4 Å². The number of aryl methyl sites for hydroxylation is 1. The van der Waals surface area contributed by atoms with Gasteiger partial charge in [-0.15, -0.1) is 0 Å². The van der Waals surface area contributed by atoms with Gasteiger partial charge in [0.1, 0.15) is 5.75 Å². The van der Waals surface area contributed by atoms with Crippen molar-refractivity contribution >= 4 is 26.8 Å². The summed E-state index contributed by atoms with van der Waals surface area (Å²) in [6, 6.07) is 14.4. The van der Waals surface area contributed by atoms with E-state index in [1.54, 1.807) is 31.4 Å². The zero-order valence-electron chi connectivity index (χ0n) is 18.2. The number of benzene rings is 2. The normalized spacial score (nSPS) is 17.6. The summed E-state index contributed by atoms with van der Waals surface area (Å²) in [4.78, 5) is 17.8. The molecule has 166 valence electrons. The fraction of sp³-hybridized carbons (Fsp3) is 0.360. The number of aromatic nitrogens is 1. The Morgan fingerprint density at radius 3 is 2.56 bits per heavy atom. The molecule has 1 heterocycles. The summed E-state index contributed by atoms with van der Waals surface area (Å²) in [5.74, 6) is 0.635. The lowest BCUT2D eigenvalue weighted by Crippen LogP contribution is -2.39. The second-order valence-corrected chi connectivity index (χ2v) is 10.5. The number of hydrogen-bond donors (Lipinski definition) is 1. The molecule has 2 saturated carbocycles.